The highest BCUT2D eigenvalue weighted by Gasteiger charge is 2.02. The van der Waals surface area contributed by atoms with E-state index in [1.54, 1.807) is 6.21 Å². The first-order chi connectivity index (χ1) is 11.7. The minimum atomic E-state index is -0.190. The lowest BCUT2D eigenvalue weighted by atomic mass is 10.1. The standard InChI is InChI=1S/C19H16IN3O/c20-16-10-8-14(9-11-16)12-22-23-19(24)13-21-18-7-3-5-15-4-1-2-6-17(15)18/h1-12,21H,13H2,(H,23,24)/b22-12-. The number of hydrazone groups is 1. The molecule has 0 heterocycles. The molecule has 0 aromatic heterocycles. The average molecular weight is 429 g/mol. The Morgan fingerprint density at radius 1 is 1.00 bits per heavy atom. The van der Waals surface area contributed by atoms with Gasteiger partial charge in [0.1, 0.15) is 0 Å². The number of hydrogen-bond donors (Lipinski definition) is 2. The van der Waals surface area contributed by atoms with Gasteiger partial charge in [0.05, 0.1) is 12.8 Å². The van der Waals surface area contributed by atoms with Crippen LogP contribution in [-0.4, -0.2) is 18.7 Å². The number of nitrogens with zero attached hydrogens (tertiary/aromatic N) is 1. The highest BCUT2D eigenvalue weighted by atomic mass is 127. The zero-order valence-corrected chi connectivity index (χ0v) is 15.0. The minimum Gasteiger partial charge on any atom is -0.376 e. The van der Waals surface area contributed by atoms with Crippen molar-refractivity contribution in [2.45, 2.75) is 0 Å². The van der Waals surface area contributed by atoms with Crippen molar-refractivity contribution in [1.82, 2.24) is 5.43 Å². The van der Waals surface area contributed by atoms with Gasteiger partial charge in [0.15, 0.2) is 0 Å². The van der Waals surface area contributed by atoms with E-state index in [-0.39, 0.29) is 12.5 Å². The number of carbonyl (C=O) groups is 1. The molecule has 3 aromatic rings. The Labute approximate surface area is 154 Å². The Balaban J connectivity index is 1.56. The molecule has 0 unspecified atom stereocenters. The van der Waals surface area contributed by atoms with Crippen LogP contribution >= 0.6 is 22.6 Å². The Hall–Kier alpha value is -2.41. The van der Waals surface area contributed by atoms with Crippen LogP contribution in [0.1, 0.15) is 5.56 Å². The van der Waals surface area contributed by atoms with E-state index in [4.69, 9.17) is 0 Å². The van der Waals surface area contributed by atoms with Gasteiger partial charge < -0.3 is 5.32 Å². The van der Waals surface area contributed by atoms with Crippen molar-refractivity contribution >= 4 is 51.2 Å². The normalized spacial score (nSPS) is 10.9. The number of amides is 1. The van der Waals surface area contributed by atoms with Gasteiger partial charge in [-0.25, -0.2) is 5.43 Å². The van der Waals surface area contributed by atoms with Gasteiger partial charge in [0, 0.05) is 14.6 Å². The van der Waals surface area contributed by atoms with Crippen LogP contribution < -0.4 is 10.7 Å². The van der Waals surface area contributed by atoms with Crippen LogP contribution in [0.2, 0.25) is 0 Å². The fourth-order valence-electron chi connectivity index (χ4n) is 2.32. The van der Waals surface area contributed by atoms with Crippen LogP contribution in [-0.2, 0) is 4.79 Å². The van der Waals surface area contributed by atoms with Gasteiger partial charge >= 0.3 is 0 Å². The maximum absolute atomic E-state index is 11.9. The molecular weight excluding hydrogens is 413 g/mol. The van der Waals surface area contributed by atoms with Crippen molar-refractivity contribution in [3.63, 3.8) is 0 Å². The van der Waals surface area contributed by atoms with Gasteiger partial charge in [-0.2, -0.15) is 5.10 Å². The Morgan fingerprint density at radius 2 is 1.75 bits per heavy atom. The van der Waals surface area contributed by atoms with E-state index in [0.29, 0.717) is 0 Å². The largest absolute Gasteiger partial charge is 0.376 e. The van der Waals surface area contributed by atoms with Crippen molar-refractivity contribution in [2.24, 2.45) is 5.10 Å². The van der Waals surface area contributed by atoms with Crippen LogP contribution in [0.15, 0.2) is 71.8 Å². The summed E-state index contributed by atoms with van der Waals surface area (Å²) in [6.45, 7) is 0.165. The molecule has 4 nitrogen and oxygen atoms in total. The SMILES string of the molecule is O=C(CNc1cccc2ccccc12)N/N=C\c1ccc(I)cc1. The molecule has 1 amide bonds. The van der Waals surface area contributed by atoms with Gasteiger partial charge in [0.25, 0.3) is 5.91 Å². The van der Waals surface area contributed by atoms with Crippen LogP contribution in [0.5, 0.6) is 0 Å². The summed E-state index contributed by atoms with van der Waals surface area (Å²) in [6, 6.07) is 21.9. The van der Waals surface area contributed by atoms with Crippen LogP contribution in [0, 0.1) is 3.57 Å². The Kier molecular flexibility index (Phi) is 5.43. The van der Waals surface area contributed by atoms with Gasteiger partial charge in [-0.05, 0) is 51.7 Å². The molecule has 0 saturated carbocycles. The molecule has 0 saturated heterocycles. The molecule has 0 fully saturated rings. The summed E-state index contributed by atoms with van der Waals surface area (Å²) in [5.74, 6) is -0.190. The second-order valence-corrected chi connectivity index (χ2v) is 6.47. The van der Waals surface area contributed by atoms with E-state index in [9.17, 15) is 4.79 Å². The third-order valence-electron chi connectivity index (χ3n) is 3.50. The molecule has 3 aromatic carbocycles. The summed E-state index contributed by atoms with van der Waals surface area (Å²) >= 11 is 2.24. The number of benzene rings is 3. The molecule has 0 aliphatic heterocycles. The lowest BCUT2D eigenvalue weighted by Gasteiger charge is -2.08. The molecule has 5 heteroatoms. The molecule has 3 rings (SSSR count). The highest BCUT2D eigenvalue weighted by molar-refractivity contribution is 14.1. The summed E-state index contributed by atoms with van der Waals surface area (Å²) in [6.07, 6.45) is 1.63. The number of halogens is 1. The molecule has 2 N–H and O–H groups in total. The molecule has 0 bridgehead atoms. The molecular formula is C19H16IN3O. The zero-order chi connectivity index (χ0) is 16.8. The second kappa shape index (κ2) is 7.92. The number of hydrogen-bond acceptors (Lipinski definition) is 3. The smallest absolute Gasteiger partial charge is 0.259 e. The van der Waals surface area contributed by atoms with Crippen LogP contribution in [0.3, 0.4) is 0 Å². The molecule has 0 atom stereocenters. The Morgan fingerprint density at radius 3 is 2.58 bits per heavy atom. The van der Waals surface area contributed by atoms with Crippen molar-refractivity contribution in [3.05, 3.63) is 75.9 Å². The fraction of sp³-hybridized carbons (Fsp3) is 0.0526. The number of anilines is 1. The van der Waals surface area contributed by atoms with E-state index in [0.717, 1.165) is 25.6 Å². The predicted molar refractivity (Wildman–Crippen MR) is 107 cm³/mol. The first kappa shape index (κ1) is 16.4. The van der Waals surface area contributed by atoms with Gasteiger partial charge in [-0.3, -0.25) is 4.79 Å². The third-order valence-corrected chi connectivity index (χ3v) is 4.22. The number of carbonyl (C=O) groups excluding carboxylic acids is 1. The number of fused-ring (bicyclic) bond motifs is 1. The summed E-state index contributed by atoms with van der Waals surface area (Å²) in [5.41, 5.74) is 4.41. The molecule has 0 aliphatic carbocycles. The molecule has 120 valence electrons. The number of rotatable bonds is 5. The summed E-state index contributed by atoms with van der Waals surface area (Å²) in [7, 11) is 0. The second-order valence-electron chi connectivity index (χ2n) is 5.22. The summed E-state index contributed by atoms with van der Waals surface area (Å²) in [5, 5.41) is 9.37. The quantitative estimate of drug-likeness (QED) is 0.366. The highest BCUT2D eigenvalue weighted by Crippen LogP contribution is 2.22. The first-order valence-corrected chi connectivity index (χ1v) is 8.59. The van der Waals surface area contributed by atoms with Crippen LogP contribution in [0.4, 0.5) is 5.69 Å². The Bertz CT molecular complexity index is 870. The summed E-state index contributed by atoms with van der Waals surface area (Å²) < 4.78 is 1.16. The summed E-state index contributed by atoms with van der Waals surface area (Å²) in [4.78, 5) is 11.9. The van der Waals surface area contributed by atoms with Gasteiger partial charge in [-0.1, -0.05) is 48.5 Å². The molecule has 0 spiro atoms. The molecule has 0 aliphatic rings. The first-order valence-electron chi connectivity index (χ1n) is 7.51. The van der Waals surface area contributed by atoms with Crippen molar-refractivity contribution in [3.8, 4) is 0 Å². The third kappa shape index (κ3) is 4.32. The topological polar surface area (TPSA) is 53.5 Å². The number of nitrogens with one attached hydrogen (secondary N) is 2. The van der Waals surface area contributed by atoms with E-state index < -0.39 is 0 Å². The predicted octanol–water partition coefficient (Wildman–Crippen LogP) is 4.01. The van der Waals surface area contributed by atoms with Gasteiger partial charge in [-0.15, -0.1) is 0 Å². The van der Waals surface area contributed by atoms with E-state index in [1.807, 2.05) is 66.7 Å². The minimum absolute atomic E-state index is 0.165. The fourth-order valence-corrected chi connectivity index (χ4v) is 2.68. The average Bonchev–Trinajstić information content (AvgIpc) is 2.61. The van der Waals surface area contributed by atoms with E-state index >= 15 is 0 Å². The molecule has 24 heavy (non-hydrogen) atoms. The van der Waals surface area contributed by atoms with Crippen molar-refractivity contribution in [2.75, 3.05) is 11.9 Å². The van der Waals surface area contributed by atoms with Crippen molar-refractivity contribution < 1.29 is 4.79 Å². The zero-order valence-electron chi connectivity index (χ0n) is 12.9. The molecule has 0 radical (unpaired) electrons. The van der Waals surface area contributed by atoms with Crippen molar-refractivity contribution in [1.29, 1.82) is 0 Å². The van der Waals surface area contributed by atoms with Crippen LogP contribution in [0.25, 0.3) is 10.8 Å². The van der Waals surface area contributed by atoms with E-state index in [2.05, 4.69) is 38.4 Å². The lowest BCUT2D eigenvalue weighted by Crippen LogP contribution is -2.25. The monoisotopic (exact) mass is 429 g/mol. The van der Waals surface area contributed by atoms with Gasteiger partial charge in [0.2, 0.25) is 0 Å². The van der Waals surface area contributed by atoms with E-state index in [1.165, 1.54) is 0 Å². The lowest BCUT2D eigenvalue weighted by molar-refractivity contribution is -0.119. The maximum atomic E-state index is 11.9. The maximum Gasteiger partial charge on any atom is 0.259 e.